The molecule has 0 saturated heterocycles. The first kappa shape index (κ1) is 12.0. The van der Waals surface area contributed by atoms with Crippen molar-refractivity contribution in [1.29, 1.82) is 0 Å². The fraction of sp³-hybridized carbons (Fsp3) is 0.333. The average Bonchev–Trinajstić information content (AvgIpc) is 2.22. The summed E-state index contributed by atoms with van der Waals surface area (Å²) in [7, 11) is 0. The third-order valence-corrected chi connectivity index (χ3v) is 2.51. The van der Waals surface area contributed by atoms with Crippen LogP contribution in [-0.2, 0) is 0 Å². The lowest BCUT2D eigenvalue weighted by Gasteiger charge is -2.12. The Kier molecular flexibility index (Phi) is 4.61. The van der Waals surface area contributed by atoms with Crippen LogP contribution in [0.25, 0.3) is 0 Å². The molecule has 0 aromatic heterocycles. The van der Waals surface area contributed by atoms with Gasteiger partial charge in [-0.3, -0.25) is 0 Å². The predicted octanol–water partition coefficient (Wildman–Crippen LogP) is 3.28. The molecule has 80 valence electrons. The topological polar surface area (TPSA) is 26.0 Å². The smallest absolute Gasteiger partial charge is 0.146 e. The molecular weight excluding hydrogens is 213 g/mol. The SMILES string of the molecule is C#CCCCC(N)c1cccc(Cl)c1F. The zero-order valence-corrected chi connectivity index (χ0v) is 9.10. The standard InChI is InChI=1S/C12H13ClFN/c1-2-3-4-8-11(15)9-6-5-7-10(13)12(9)14/h1,5-7,11H,3-4,8,15H2. The minimum Gasteiger partial charge on any atom is -0.324 e. The second kappa shape index (κ2) is 5.75. The van der Waals surface area contributed by atoms with Gasteiger partial charge in [-0.15, -0.1) is 12.3 Å². The highest BCUT2D eigenvalue weighted by molar-refractivity contribution is 6.30. The van der Waals surface area contributed by atoms with Crippen LogP contribution in [0.4, 0.5) is 4.39 Å². The van der Waals surface area contributed by atoms with Crippen molar-refractivity contribution in [2.75, 3.05) is 0 Å². The summed E-state index contributed by atoms with van der Waals surface area (Å²) in [4.78, 5) is 0. The number of hydrogen-bond acceptors (Lipinski definition) is 1. The number of unbranched alkanes of at least 4 members (excludes halogenated alkanes) is 1. The van der Waals surface area contributed by atoms with Gasteiger partial charge in [0, 0.05) is 18.0 Å². The van der Waals surface area contributed by atoms with Crippen molar-refractivity contribution in [3.63, 3.8) is 0 Å². The number of halogens is 2. The molecule has 1 aromatic rings. The number of benzene rings is 1. The average molecular weight is 226 g/mol. The Bertz CT molecular complexity index is 370. The third kappa shape index (κ3) is 3.23. The van der Waals surface area contributed by atoms with E-state index in [2.05, 4.69) is 5.92 Å². The number of rotatable bonds is 4. The minimum atomic E-state index is -0.424. The van der Waals surface area contributed by atoms with E-state index in [0.29, 0.717) is 18.4 Å². The first-order valence-electron chi connectivity index (χ1n) is 4.79. The van der Waals surface area contributed by atoms with E-state index in [1.807, 2.05) is 0 Å². The normalized spacial score (nSPS) is 12.1. The van der Waals surface area contributed by atoms with Gasteiger partial charge in [0.1, 0.15) is 5.82 Å². The molecule has 1 nitrogen and oxygen atoms in total. The van der Waals surface area contributed by atoms with Crippen molar-refractivity contribution in [3.8, 4) is 12.3 Å². The molecule has 0 aliphatic rings. The summed E-state index contributed by atoms with van der Waals surface area (Å²) in [6.07, 6.45) is 7.25. The highest BCUT2D eigenvalue weighted by atomic mass is 35.5. The molecule has 0 amide bonds. The van der Waals surface area contributed by atoms with Gasteiger partial charge in [0.15, 0.2) is 0 Å². The molecule has 0 radical (unpaired) electrons. The fourth-order valence-electron chi connectivity index (χ4n) is 1.39. The van der Waals surface area contributed by atoms with E-state index in [-0.39, 0.29) is 11.1 Å². The Morgan fingerprint density at radius 3 is 2.93 bits per heavy atom. The van der Waals surface area contributed by atoms with Gasteiger partial charge in [0.25, 0.3) is 0 Å². The van der Waals surface area contributed by atoms with E-state index < -0.39 is 5.82 Å². The van der Waals surface area contributed by atoms with Crippen molar-refractivity contribution in [3.05, 3.63) is 34.6 Å². The lowest BCUT2D eigenvalue weighted by atomic mass is 10.0. The molecule has 1 aromatic carbocycles. The molecular formula is C12H13ClFN. The first-order valence-corrected chi connectivity index (χ1v) is 5.17. The number of hydrogen-bond donors (Lipinski definition) is 1. The highest BCUT2D eigenvalue weighted by Crippen LogP contribution is 2.24. The molecule has 1 atom stereocenters. The zero-order chi connectivity index (χ0) is 11.3. The summed E-state index contributed by atoms with van der Waals surface area (Å²) >= 11 is 5.66. The Labute approximate surface area is 94.4 Å². The highest BCUT2D eigenvalue weighted by Gasteiger charge is 2.12. The Hall–Kier alpha value is -1.04. The molecule has 0 heterocycles. The molecule has 1 rings (SSSR count). The number of terminal acetylenes is 1. The first-order chi connectivity index (χ1) is 7.16. The summed E-state index contributed by atoms with van der Waals surface area (Å²) in [6, 6.07) is 4.52. The van der Waals surface area contributed by atoms with Gasteiger partial charge in [-0.1, -0.05) is 23.7 Å². The van der Waals surface area contributed by atoms with Gasteiger partial charge >= 0.3 is 0 Å². The number of nitrogens with two attached hydrogens (primary N) is 1. The van der Waals surface area contributed by atoms with Crippen LogP contribution in [0.3, 0.4) is 0 Å². The van der Waals surface area contributed by atoms with Crippen LogP contribution in [-0.4, -0.2) is 0 Å². The van der Waals surface area contributed by atoms with E-state index >= 15 is 0 Å². The van der Waals surface area contributed by atoms with Gasteiger partial charge in [-0.25, -0.2) is 4.39 Å². The zero-order valence-electron chi connectivity index (χ0n) is 8.34. The quantitative estimate of drug-likeness (QED) is 0.618. The van der Waals surface area contributed by atoms with Crippen molar-refractivity contribution < 1.29 is 4.39 Å². The second-order valence-corrected chi connectivity index (χ2v) is 3.75. The molecule has 0 aliphatic carbocycles. The monoisotopic (exact) mass is 225 g/mol. The van der Waals surface area contributed by atoms with Crippen LogP contribution in [0.1, 0.15) is 30.9 Å². The van der Waals surface area contributed by atoms with Gasteiger partial charge in [0.2, 0.25) is 0 Å². The van der Waals surface area contributed by atoms with Crippen molar-refractivity contribution >= 4 is 11.6 Å². The van der Waals surface area contributed by atoms with Crippen LogP contribution in [0.5, 0.6) is 0 Å². The molecule has 2 N–H and O–H groups in total. The Balaban J connectivity index is 2.70. The van der Waals surface area contributed by atoms with E-state index in [1.165, 1.54) is 6.07 Å². The maximum Gasteiger partial charge on any atom is 0.146 e. The molecule has 0 bridgehead atoms. The van der Waals surface area contributed by atoms with Crippen LogP contribution >= 0.6 is 11.6 Å². The largest absolute Gasteiger partial charge is 0.324 e. The predicted molar refractivity (Wildman–Crippen MR) is 61.0 cm³/mol. The van der Waals surface area contributed by atoms with Gasteiger partial charge in [0.05, 0.1) is 5.02 Å². The maximum absolute atomic E-state index is 13.5. The summed E-state index contributed by atoms with van der Waals surface area (Å²) in [6.45, 7) is 0. The maximum atomic E-state index is 13.5. The minimum absolute atomic E-state index is 0.111. The van der Waals surface area contributed by atoms with E-state index in [1.54, 1.807) is 12.1 Å². The molecule has 0 saturated carbocycles. The van der Waals surface area contributed by atoms with Gasteiger partial charge in [-0.2, -0.15) is 0 Å². The van der Waals surface area contributed by atoms with Crippen LogP contribution in [0.2, 0.25) is 5.02 Å². The lowest BCUT2D eigenvalue weighted by molar-refractivity contribution is 0.554. The van der Waals surface area contributed by atoms with E-state index in [4.69, 9.17) is 23.8 Å². The van der Waals surface area contributed by atoms with Crippen molar-refractivity contribution in [2.45, 2.75) is 25.3 Å². The van der Waals surface area contributed by atoms with Crippen LogP contribution in [0, 0.1) is 18.2 Å². The van der Waals surface area contributed by atoms with Gasteiger partial charge < -0.3 is 5.73 Å². The fourth-order valence-corrected chi connectivity index (χ4v) is 1.57. The molecule has 3 heteroatoms. The van der Waals surface area contributed by atoms with Gasteiger partial charge in [-0.05, 0) is 18.9 Å². The second-order valence-electron chi connectivity index (χ2n) is 3.35. The molecule has 15 heavy (non-hydrogen) atoms. The lowest BCUT2D eigenvalue weighted by Crippen LogP contribution is -2.12. The summed E-state index contributed by atoms with van der Waals surface area (Å²) in [5.41, 5.74) is 6.30. The Morgan fingerprint density at radius 2 is 2.27 bits per heavy atom. The van der Waals surface area contributed by atoms with E-state index in [9.17, 15) is 4.39 Å². The summed E-state index contributed by atoms with van der Waals surface area (Å²) < 4.78 is 13.5. The van der Waals surface area contributed by atoms with Crippen molar-refractivity contribution in [2.24, 2.45) is 5.73 Å². The molecule has 0 fully saturated rings. The third-order valence-electron chi connectivity index (χ3n) is 2.22. The van der Waals surface area contributed by atoms with Crippen molar-refractivity contribution in [1.82, 2.24) is 0 Å². The Morgan fingerprint density at radius 1 is 1.53 bits per heavy atom. The molecule has 0 aliphatic heterocycles. The van der Waals surface area contributed by atoms with Crippen LogP contribution < -0.4 is 5.73 Å². The molecule has 0 spiro atoms. The van der Waals surface area contributed by atoms with E-state index in [0.717, 1.165) is 6.42 Å². The molecule has 1 unspecified atom stereocenters. The summed E-state index contributed by atoms with van der Waals surface area (Å²) in [5, 5.41) is 0.111. The van der Waals surface area contributed by atoms with Crippen LogP contribution in [0.15, 0.2) is 18.2 Å². The summed E-state index contributed by atoms with van der Waals surface area (Å²) in [5.74, 6) is 2.10.